The second-order valence-electron chi connectivity index (χ2n) is 6.58. The Bertz CT molecular complexity index is 763. The Morgan fingerprint density at radius 1 is 1.31 bits per heavy atom. The first-order valence-corrected chi connectivity index (χ1v) is 10.4. The van der Waals surface area contributed by atoms with Crippen LogP contribution < -0.4 is 10.6 Å². The van der Waals surface area contributed by atoms with E-state index in [1.807, 2.05) is 6.92 Å². The van der Waals surface area contributed by atoms with E-state index in [2.05, 4.69) is 10.6 Å². The van der Waals surface area contributed by atoms with Crippen molar-refractivity contribution < 1.29 is 18.0 Å². The van der Waals surface area contributed by atoms with Gasteiger partial charge < -0.3 is 10.6 Å². The summed E-state index contributed by atoms with van der Waals surface area (Å²) < 4.78 is 27.3. The van der Waals surface area contributed by atoms with E-state index in [9.17, 15) is 18.0 Å². The number of nitrogens with one attached hydrogen (secondary N) is 2. The lowest BCUT2D eigenvalue weighted by molar-refractivity contribution is -0.122. The molecule has 0 radical (unpaired) electrons. The Morgan fingerprint density at radius 2 is 2.04 bits per heavy atom. The molecule has 1 heterocycles. The molecule has 2 rings (SSSR count). The molecule has 1 aliphatic rings. The second kappa shape index (κ2) is 8.64. The minimum absolute atomic E-state index is 0.0519. The summed E-state index contributed by atoms with van der Waals surface area (Å²) in [6, 6.07) is 5.21. The van der Waals surface area contributed by atoms with Crippen molar-refractivity contribution in [2.24, 2.45) is 0 Å². The molecule has 144 valence electrons. The Kier molecular flexibility index (Phi) is 6.77. The van der Waals surface area contributed by atoms with Crippen LogP contribution in [0.4, 0.5) is 0 Å². The zero-order valence-corrected chi connectivity index (χ0v) is 16.3. The number of amides is 2. The lowest BCUT2D eigenvalue weighted by Crippen LogP contribution is -2.44. The number of piperidine rings is 1. The Morgan fingerprint density at radius 3 is 2.69 bits per heavy atom. The van der Waals surface area contributed by atoms with Crippen LogP contribution in [0, 0.1) is 0 Å². The third kappa shape index (κ3) is 4.62. The van der Waals surface area contributed by atoms with Crippen molar-refractivity contribution in [2.75, 3.05) is 13.1 Å². The van der Waals surface area contributed by atoms with E-state index >= 15 is 0 Å². The number of nitrogens with zero attached hydrogens (tertiary/aromatic N) is 1. The molecule has 0 saturated carbocycles. The Labute approximate surface area is 155 Å². The molecule has 1 saturated heterocycles. The molecule has 1 aromatic carbocycles. The topological polar surface area (TPSA) is 95.6 Å². The molecule has 1 aliphatic heterocycles. The third-order valence-electron chi connectivity index (χ3n) is 4.54. The van der Waals surface area contributed by atoms with Crippen LogP contribution in [0.25, 0.3) is 0 Å². The van der Waals surface area contributed by atoms with Gasteiger partial charge in [-0.3, -0.25) is 9.59 Å². The summed E-state index contributed by atoms with van der Waals surface area (Å²) in [5.41, 5.74) is 0.215. The van der Waals surface area contributed by atoms with E-state index in [1.165, 1.54) is 16.4 Å². The van der Waals surface area contributed by atoms with Crippen LogP contribution >= 0.6 is 0 Å². The largest absolute Gasteiger partial charge is 0.355 e. The van der Waals surface area contributed by atoms with Crippen LogP contribution in [-0.4, -0.2) is 49.7 Å². The number of rotatable bonds is 6. The molecular formula is C18H27N3O4S. The number of benzene rings is 1. The van der Waals surface area contributed by atoms with Crippen LogP contribution in [0.2, 0.25) is 0 Å². The molecule has 1 fully saturated rings. The van der Waals surface area contributed by atoms with Crippen LogP contribution in [0.15, 0.2) is 29.2 Å². The summed E-state index contributed by atoms with van der Waals surface area (Å²) >= 11 is 0. The summed E-state index contributed by atoms with van der Waals surface area (Å²) in [6.45, 7) is 6.25. The van der Waals surface area contributed by atoms with Crippen molar-refractivity contribution in [3.8, 4) is 0 Å². The van der Waals surface area contributed by atoms with Gasteiger partial charge in [-0.15, -0.1) is 0 Å². The van der Waals surface area contributed by atoms with Gasteiger partial charge in [-0.1, -0.05) is 12.5 Å². The SMILES string of the molecule is CCNC(=O)[C@H](C)NC(=O)c1cccc(S(=O)(=O)N2CCCC[C@@H]2C)c1. The zero-order valence-electron chi connectivity index (χ0n) is 15.5. The highest BCUT2D eigenvalue weighted by Gasteiger charge is 2.31. The summed E-state index contributed by atoms with van der Waals surface area (Å²) in [7, 11) is -3.65. The number of likely N-dealkylation sites (N-methyl/N-ethyl adjacent to an activating group) is 1. The van der Waals surface area contributed by atoms with E-state index in [1.54, 1.807) is 26.0 Å². The fourth-order valence-corrected chi connectivity index (χ4v) is 4.78. The molecule has 0 unspecified atom stereocenters. The van der Waals surface area contributed by atoms with Gasteiger partial charge in [0.1, 0.15) is 6.04 Å². The van der Waals surface area contributed by atoms with Crippen molar-refractivity contribution in [3.05, 3.63) is 29.8 Å². The van der Waals surface area contributed by atoms with E-state index < -0.39 is 22.0 Å². The monoisotopic (exact) mass is 381 g/mol. The maximum absolute atomic E-state index is 12.9. The lowest BCUT2D eigenvalue weighted by atomic mass is 10.1. The Balaban J connectivity index is 2.19. The van der Waals surface area contributed by atoms with Crippen LogP contribution in [0.1, 0.15) is 50.4 Å². The van der Waals surface area contributed by atoms with Crippen LogP contribution in [-0.2, 0) is 14.8 Å². The highest BCUT2D eigenvalue weighted by atomic mass is 32.2. The van der Waals surface area contributed by atoms with Crippen molar-refractivity contribution in [1.29, 1.82) is 0 Å². The van der Waals surface area contributed by atoms with E-state index in [-0.39, 0.29) is 22.4 Å². The second-order valence-corrected chi connectivity index (χ2v) is 8.47. The molecule has 0 aliphatic carbocycles. The predicted molar refractivity (Wildman–Crippen MR) is 99.3 cm³/mol. The zero-order chi connectivity index (χ0) is 19.3. The summed E-state index contributed by atoms with van der Waals surface area (Å²) in [6.07, 6.45) is 2.70. The fourth-order valence-electron chi connectivity index (χ4n) is 3.03. The molecule has 8 heteroatoms. The molecular weight excluding hydrogens is 354 g/mol. The van der Waals surface area contributed by atoms with Crippen molar-refractivity contribution >= 4 is 21.8 Å². The van der Waals surface area contributed by atoms with Gasteiger partial charge in [0.25, 0.3) is 5.91 Å². The van der Waals surface area contributed by atoms with Gasteiger partial charge in [-0.25, -0.2) is 8.42 Å². The minimum atomic E-state index is -3.65. The number of hydrogen-bond acceptors (Lipinski definition) is 4. The van der Waals surface area contributed by atoms with E-state index in [0.29, 0.717) is 13.1 Å². The molecule has 26 heavy (non-hydrogen) atoms. The Hall–Kier alpha value is -1.93. The standard InChI is InChI=1S/C18H27N3O4S/c1-4-19-17(22)14(3)20-18(23)15-9-7-10-16(12-15)26(24,25)21-11-6-5-8-13(21)2/h7,9-10,12-14H,4-6,8,11H2,1-3H3,(H,19,22)(H,20,23)/t13-,14-/m0/s1. The normalized spacial score (nSPS) is 19.6. The van der Waals surface area contributed by atoms with Gasteiger partial charge in [-0.05, 0) is 51.8 Å². The first kappa shape index (κ1) is 20.4. The first-order valence-electron chi connectivity index (χ1n) is 8.98. The molecule has 1 aromatic rings. The van der Waals surface area contributed by atoms with Crippen molar-refractivity contribution in [3.63, 3.8) is 0 Å². The van der Waals surface area contributed by atoms with Gasteiger partial charge in [0.05, 0.1) is 4.90 Å². The lowest BCUT2D eigenvalue weighted by Gasteiger charge is -2.32. The number of sulfonamides is 1. The number of carbonyl (C=O) groups is 2. The van der Waals surface area contributed by atoms with Gasteiger partial charge in [0, 0.05) is 24.7 Å². The molecule has 0 spiro atoms. The van der Waals surface area contributed by atoms with Crippen molar-refractivity contribution in [2.45, 2.75) is 57.0 Å². The molecule has 7 nitrogen and oxygen atoms in total. The summed E-state index contributed by atoms with van der Waals surface area (Å²) in [5, 5.41) is 5.22. The molecule has 0 bridgehead atoms. The number of hydrogen-bond donors (Lipinski definition) is 2. The minimum Gasteiger partial charge on any atom is -0.355 e. The summed E-state index contributed by atoms with van der Waals surface area (Å²) in [4.78, 5) is 24.2. The molecule has 2 N–H and O–H groups in total. The maximum Gasteiger partial charge on any atom is 0.251 e. The van der Waals surface area contributed by atoms with Gasteiger partial charge in [-0.2, -0.15) is 4.31 Å². The highest BCUT2D eigenvalue weighted by molar-refractivity contribution is 7.89. The molecule has 2 amide bonds. The quantitative estimate of drug-likeness (QED) is 0.781. The first-order chi connectivity index (χ1) is 12.3. The maximum atomic E-state index is 12.9. The average molecular weight is 381 g/mol. The van der Waals surface area contributed by atoms with Crippen molar-refractivity contribution in [1.82, 2.24) is 14.9 Å². The molecule has 2 atom stereocenters. The van der Waals surface area contributed by atoms with E-state index in [4.69, 9.17) is 0 Å². The highest BCUT2D eigenvalue weighted by Crippen LogP contribution is 2.25. The molecule has 0 aromatic heterocycles. The summed E-state index contributed by atoms with van der Waals surface area (Å²) in [5.74, 6) is -0.765. The number of carbonyl (C=O) groups excluding carboxylic acids is 2. The van der Waals surface area contributed by atoms with Crippen LogP contribution in [0.3, 0.4) is 0 Å². The smallest absolute Gasteiger partial charge is 0.251 e. The fraction of sp³-hybridized carbons (Fsp3) is 0.556. The van der Waals surface area contributed by atoms with E-state index in [0.717, 1.165) is 19.3 Å². The van der Waals surface area contributed by atoms with Gasteiger partial charge in [0.2, 0.25) is 15.9 Å². The third-order valence-corrected chi connectivity index (χ3v) is 6.55. The van der Waals surface area contributed by atoms with Crippen LogP contribution in [0.5, 0.6) is 0 Å². The van der Waals surface area contributed by atoms with Gasteiger partial charge >= 0.3 is 0 Å². The predicted octanol–water partition coefficient (Wildman–Crippen LogP) is 1.50. The average Bonchev–Trinajstić information content (AvgIpc) is 2.62. The van der Waals surface area contributed by atoms with Gasteiger partial charge in [0.15, 0.2) is 0 Å².